The number of carbonyl (C=O) groups is 2. The summed E-state index contributed by atoms with van der Waals surface area (Å²) in [5.74, 6) is -1.35. The molecule has 130 valence electrons. The van der Waals surface area contributed by atoms with Crippen LogP contribution in [0.3, 0.4) is 0 Å². The molecule has 7 nitrogen and oxygen atoms in total. The predicted octanol–water partition coefficient (Wildman–Crippen LogP) is -0.230. The van der Waals surface area contributed by atoms with E-state index < -0.39 is 18.1 Å². The molecule has 7 atom stereocenters. The molecule has 0 aliphatic carbocycles. The Morgan fingerprint density at radius 2 is 2.09 bits per heavy atom. The number of hydrogen-bond donors (Lipinski definition) is 4. The zero-order valence-electron chi connectivity index (χ0n) is 13.9. The fraction of sp³-hybridized carbons (Fsp3) is 0.875. The minimum atomic E-state index is -0.879. The summed E-state index contributed by atoms with van der Waals surface area (Å²) in [5, 5.41) is 19.0. The van der Waals surface area contributed by atoms with Crippen molar-refractivity contribution in [3.63, 3.8) is 0 Å². The molecule has 0 aromatic carbocycles. The average Bonchev–Trinajstić information content (AvgIpc) is 2.53. The van der Waals surface area contributed by atoms with E-state index in [1.165, 1.54) is 0 Å². The molecule has 0 aromatic heterocycles. The first-order chi connectivity index (χ1) is 10.9. The van der Waals surface area contributed by atoms with Crippen LogP contribution in [0.15, 0.2) is 0 Å². The van der Waals surface area contributed by atoms with E-state index in [0.717, 1.165) is 6.42 Å². The lowest BCUT2D eigenvalue weighted by atomic mass is 9.72. The number of carbonyl (C=O) groups excluding carboxylic acids is 1. The SMILES string of the molecule is CNC1NC2OC3CNC(C(C)C)CC3C(=O)C2CC1C(=O)O. The highest BCUT2D eigenvalue weighted by molar-refractivity contribution is 5.86. The van der Waals surface area contributed by atoms with Crippen LogP contribution in [0.5, 0.6) is 0 Å². The Labute approximate surface area is 136 Å². The standard InChI is InChI=1S/C16H27N3O4/c1-7(2)11-5-8-12(6-18-11)23-15-9(13(8)20)4-10(16(21)22)14(17-3)19-15/h7-12,14-15,17-19H,4-6H2,1-3H3,(H,21,22). The van der Waals surface area contributed by atoms with E-state index in [2.05, 4.69) is 29.8 Å². The van der Waals surface area contributed by atoms with Crippen LogP contribution in [0, 0.1) is 23.7 Å². The molecule has 3 rings (SSSR count). The lowest BCUT2D eigenvalue weighted by Gasteiger charge is -2.49. The van der Waals surface area contributed by atoms with Gasteiger partial charge in [0.15, 0.2) is 0 Å². The summed E-state index contributed by atoms with van der Waals surface area (Å²) in [5.41, 5.74) is 0. The van der Waals surface area contributed by atoms with Crippen molar-refractivity contribution in [2.24, 2.45) is 23.7 Å². The first-order valence-electron chi connectivity index (χ1n) is 8.51. The largest absolute Gasteiger partial charge is 0.481 e. The minimum Gasteiger partial charge on any atom is -0.481 e. The van der Waals surface area contributed by atoms with Gasteiger partial charge < -0.3 is 20.5 Å². The number of ketones is 1. The monoisotopic (exact) mass is 325 g/mol. The number of aliphatic carboxylic acids is 1. The molecule has 0 saturated carbocycles. The quantitative estimate of drug-likeness (QED) is 0.569. The van der Waals surface area contributed by atoms with E-state index >= 15 is 0 Å². The number of ether oxygens (including phenoxy) is 1. The van der Waals surface area contributed by atoms with Crippen LogP contribution in [-0.4, -0.2) is 55.0 Å². The third-order valence-corrected chi connectivity index (χ3v) is 5.64. The van der Waals surface area contributed by atoms with Crippen LogP contribution >= 0.6 is 0 Å². The first kappa shape index (κ1) is 16.8. The van der Waals surface area contributed by atoms with Gasteiger partial charge in [-0.2, -0.15) is 0 Å². The zero-order valence-corrected chi connectivity index (χ0v) is 13.9. The highest BCUT2D eigenvalue weighted by Crippen LogP contribution is 2.38. The molecule has 3 aliphatic rings. The van der Waals surface area contributed by atoms with Gasteiger partial charge in [-0.05, 0) is 25.8 Å². The summed E-state index contributed by atoms with van der Waals surface area (Å²) in [6.45, 7) is 4.97. The maximum absolute atomic E-state index is 13.0. The molecule has 0 bridgehead atoms. The molecular weight excluding hydrogens is 298 g/mol. The van der Waals surface area contributed by atoms with Gasteiger partial charge >= 0.3 is 5.97 Å². The summed E-state index contributed by atoms with van der Waals surface area (Å²) < 4.78 is 6.13. The molecule has 3 heterocycles. The summed E-state index contributed by atoms with van der Waals surface area (Å²) in [7, 11) is 1.72. The van der Waals surface area contributed by atoms with Gasteiger partial charge in [0.25, 0.3) is 0 Å². The van der Waals surface area contributed by atoms with Crippen molar-refractivity contribution in [3.05, 3.63) is 0 Å². The molecule has 7 heteroatoms. The zero-order chi connectivity index (χ0) is 16.7. The third kappa shape index (κ3) is 3.03. The smallest absolute Gasteiger partial charge is 0.309 e. The Kier molecular flexibility index (Phi) is 4.73. The van der Waals surface area contributed by atoms with Crippen molar-refractivity contribution >= 4 is 11.8 Å². The molecule has 0 spiro atoms. The van der Waals surface area contributed by atoms with Crippen LogP contribution in [0.1, 0.15) is 26.7 Å². The molecule has 7 unspecified atom stereocenters. The summed E-state index contributed by atoms with van der Waals surface area (Å²) in [4.78, 5) is 24.5. The topological polar surface area (TPSA) is 99.7 Å². The average molecular weight is 325 g/mol. The summed E-state index contributed by atoms with van der Waals surface area (Å²) in [6.07, 6.45) is 0.218. The van der Waals surface area contributed by atoms with E-state index in [1.54, 1.807) is 7.05 Å². The maximum Gasteiger partial charge on any atom is 0.309 e. The van der Waals surface area contributed by atoms with Crippen LogP contribution in [0.4, 0.5) is 0 Å². The molecular formula is C16H27N3O4. The van der Waals surface area contributed by atoms with E-state index in [-0.39, 0.29) is 29.9 Å². The van der Waals surface area contributed by atoms with Gasteiger partial charge in [0.1, 0.15) is 12.0 Å². The van der Waals surface area contributed by atoms with Gasteiger partial charge in [-0.15, -0.1) is 0 Å². The van der Waals surface area contributed by atoms with E-state index in [0.29, 0.717) is 24.9 Å². The number of Topliss-reactive ketones (excluding diaryl/α,β-unsaturated/α-hetero) is 1. The lowest BCUT2D eigenvalue weighted by Crippen LogP contribution is -2.68. The second-order valence-electron chi connectivity index (χ2n) is 7.32. The highest BCUT2D eigenvalue weighted by atomic mass is 16.5. The third-order valence-electron chi connectivity index (χ3n) is 5.64. The lowest BCUT2D eigenvalue weighted by molar-refractivity contribution is -0.182. The molecule has 3 fully saturated rings. The fourth-order valence-electron chi connectivity index (χ4n) is 4.20. The van der Waals surface area contributed by atoms with Gasteiger partial charge in [0.2, 0.25) is 0 Å². The van der Waals surface area contributed by atoms with Gasteiger partial charge in [-0.25, -0.2) is 0 Å². The van der Waals surface area contributed by atoms with Crippen LogP contribution in [0.2, 0.25) is 0 Å². The Balaban J connectivity index is 1.77. The van der Waals surface area contributed by atoms with Gasteiger partial charge in [0, 0.05) is 18.5 Å². The number of piperidine rings is 2. The normalized spacial score (nSPS) is 43.8. The van der Waals surface area contributed by atoms with E-state index in [9.17, 15) is 14.7 Å². The number of rotatable bonds is 3. The van der Waals surface area contributed by atoms with Crippen LogP contribution in [0.25, 0.3) is 0 Å². The second-order valence-corrected chi connectivity index (χ2v) is 7.32. The van der Waals surface area contributed by atoms with Crippen LogP contribution in [-0.2, 0) is 14.3 Å². The van der Waals surface area contributed by atoms with Crippen LogP contribution < -0.4 is 16.0 Å². The van der Waals surface area contributed by atoms with Crippen molar-refractivity contribution < 1.29 is 19.4 Å². The van der Waals surface area contributed by atoms with Crippen molar-refractivity contribution in [2.45, 2.75) is 51.2 Å². The molecule has 0 radical (unpaired) electrons. The molecule has 23 heavy (non-hydrogen) atoms. The van der Waals surface area contributed by atoms with Gasteiger partial charge in [-0.1, -0.05) is 13.8 Å². The molecule has 3 saturated heterocycles. The Morgan fingerprint density at radius 3 is 2.70 bits per heavy atom. The molecule has 0 aromatic rings. The minimum absolute atomic E-state index is 0.118. The van der Waals surface area contributed by atoms with E-state index in [1.807, 2.05) is 0 Å². The Bertz CT molecular complexity index is 484. The number of hydrogen-bond acceptors (Lipinski definition) is 6. The molecule has 0 amide bonds. The highest BCUT2D eigenvalue weighted by Gasteiger charge is 2.52. The second kappa shape index (κ2) is 6.47. The number of carboxylic acid groups (broad SMARTS) is 1. The number of carboxylic acids is 1. The van der Waals surface area contributed by atoms with Gasteiger partial charge in [-0.3, -0.25) is 14.9 Å². The van der Waals surface area contributed by atoms with Crippen molar-refractivity contribution in [3.8, 4) is 0 Å². The first-order valence-corrected chi connectivity index (χ1v) is 8.51. The Hall–Kier alpha value is -1.02. The van der Waals surface area contributed by atoms with E-state index in [4.69, 9.17) is 4.74 Å². The molecule has 3 aliphatic heterocycles. The summed E-state index contributed by atoms with van der Waals surface area (Å²) in [6, 6.07) is 0.317. The van der Waals surface area contributed by atoms with Crippen molar-refractivity contribution in [1.82, 2.24) is 16.0 Å². The van der Waals surface area contributed by atoms with Gasteiger partial charge in [0.05, 0.1) is 24.1 Å². The number of nitrogens with one attached hydrogen (secondary N) is 3. The van der Waals surface area contributed by atoms with Crippen molar-refractivity contribution in [1.29, 1.82) is 0 Å². The predicted molar refractivity (Wildman–Crippen MR) is 83.6 cm³/mol. The maximum atomic E-state index is 13.0. The van der Waals surface area contributed by atoms with Crippen molar-refractivity contribution in [2.75, 3.05) is 13.6 Å². The summed E-state index contributed by atoms with van der Waals surface area (Å²) >= 11 is 0. The Morgan fingerprint density at radius 1 is 1.35 bits per heavy atom. The fourth-order valence-corrected chi connectivity index (χ4v) is 4.20. The molecule has 4 N–H and O–H groups in total. The number of fused-ring (bicyclic) bond motifs is 2.